The zero-order valence-corrected chi connectivity index (χ0v) is 12.7. The third-order valence-corrected chi connectivity index (χ3v) is 5.24. The molecule has 0 aromatic heterocycles. The van der Waals surface area contributed by atoms with Crippen LogP contribution in [0.2, 0.25) is 0 Å². The molecule has 1 aliphatic rings. The SMILES string of the molecule is NCC#Cc1cccc(CNS(=O)(=O)C2CCOCC2)c1. The van der Waals surface area contributed by atoms with Gasteiger partial charge in [-0.1, -0.05) is 24.0 Å². The smallest absolute Gasteiger partial charge is 0.214 e. The molecule has 1 aromatic carbocycles. The molecule has 1 heterocycles. The Morgan fingerprint density at radius 1 is 1.33 bits per heavy atom. The fraction of sp³-hybridized carbons (Fsp3) is 0.467. The summed E-state index contributed by atoms with van der Waals surface area (Å²) in [6.07, 6.45) is 1.11. The topological polar surface area (TPSA) is 81.4 Å². The highest BCUT2D eigenvalue weighted by molar-refractivity contribution is 7.90. The van der Waals surface area contributed by atoms with E-state index < -0.39 is 10.0 Å². The molecular weight excluding hydrogens is 288 g/mol. The highest BCUT2D eigenvalue weighted by Crippen LogP contribution is 2.15. The predicted octanol–water partition coefficient (Wildman–Crippen LogP) is 0.595. The maximum absolute atomic E-state index is 12.2. The van der Waals surface area contributed by atoms with E-state index in [0.717, 1.165) is 11.1 Å². The first kappa shape index (κ1) is 16.0. The van der Waals surface area contributed by atoms with E-state index in [-0.39, 0.29) is 11.8 Å². The summed E-state index contributed by atoms with van der Waals surface area (Å²) in [6, 6.07) is 7.48. The van der Waals surface area contributed by atoms with Crippen molar-refractivity contribution >= 4 is 10.0 Å². The van der Waals surface area contributed by atoms with Gasteiger partial charge in [0.25, 0.3) is 0 Å². The van der Waals surface area contributed by atoms with Crippen molar-refractivity contribution in [1.29, 1.82) is 0 Å². The minimum absolute atomic E-state index is 0.276. The van der Waals surface area contributed by atoms with Gasteiger partial charge < -0.3 is 10.5 Å². The molecule has 6 heteroatoms. The fourth-order valence-electron chi connectivity index (χ4n) is 2.20. The van der Waals surface area contributed by atoms with Crippen molar-refractivity contribution < 1.29 is 13.2 Å². The molecule has 2 rings (SSSR count). The molecule has 1 aliphatic heterocycles. The lowest BCUT2D eigenvalue weighted by Crippen LogP contribution is -2.37. The number of sulfonamides is 1. The molecule has 0 atom stereocenters. The van der Waals surface area contributed by atoms with Crippen molar-refractivity contribution in [3.8, 4) is 11.8 Å². The molecular formula is C15H20N2O3S. The highest BCUT2D eigenvalue weighted by Gasteiger charge is 2.27. The molecule has 0 saturated carbocycles. The van der Waals surface area contributed by atoms with Gasteiger partial charge in [0.1, 0.15) is 0 Å². The second kappa shape index (κ2) is 7.57. The summed E-state index contributed by atoms with van der Waals surface area (Å²) in [4.78, 5) is 0. The molecule has 21 heavy (non-hydrogen) atoms. The Kier molecular flexibility index (Phi) is 5.76. The van der Waals surface area contributed by atoms with Crippen LogP contribution in [-0.2, 0) is 21.3 Å². The molecule has 0 radical (unpaired) electrons. The van der Waals surface area contributed by atoms with E-state index in [0.29, 0.717) is 32.6 Å². The van der Waals surface area contributed by atoms with Gasteiger partial charge in [0, 0.05) is 25.3 Å². The van der Waals surface area contributed by atoms with Crippen LogP contribution in [0.5, 0.6) is 0 Å². The van der Waals surface area contributed by atoms with Gasteiger partial charge in [0.2, 0.25) is 10.0 Å². The van der Waals surface area contributed by atoms with Gasteiger partial charge in [-0.3, -0.25) is 0 Å². The third-order valence-electron chi connectivity index (χ3n) is 3.35. The minimum atomic E-state index is -3.30. The van der Waals surface area contributed by atoms with Gasteiger partial charge in [-0.25, -0.2) is 13.1 Å². The van der Waals surface area contributed by atoms with Crippen molar-refractivity contribution in [1.82, 2.24) is 4.72 Å². The van der Waals surface area contributed by atoms with Crippen molar-refractivity contribution in [2.24, 2.45) is 5.73 Å². The summed E-state index contributed by atoms with van der Waals surface area (Å²) in [5, 5.41) is -0.355. The van der Waals surface area contributed by atoms with Gasteiger partial charge >= 0.3 is 0 Å². The molecule has 0 aliphatic carbocycles. The van der Waals surface area contributed by atoms with Crippen molar-refractivity contribution in [3.05, 3.63) is 35.4 Å². The normalized spacial score (nSPS) is 16.2. The number of rotatable bonds is 4. The molecule has 1 aromatic rings. The maximum Gasteiger partial charge on any atom is 0.214 e. The Labute approximate surface area is 125 Å². The first-order valence-corrected chi connectivity index (χ1v) is 8.50. The van der Waals surface area contributed by atoms with E-state index in [2.05, 4.69) is 16.6 Å². The van der Waals surface area contributed by atoms with Crippen LogP contribution >= 0.6 is 0 Å². The van der Waals surface area contributed by atoms with E-state index in [1.807, 2.05) is 24.3 Å². The zero-order chi connectivity index (χ0) is 15.1. The predicted molar refractivity (Wildman–Crippen MR) is 82.0 cm³/mol. The molecule has 3 N–H and O–H groups in total. The molecule has 5 nitrogen and oxygen atoms in total. The van der Waals surface area contributed by atoms with Crippen LogP contribution in [0.25, 0.3) is 0 Å². The Morgan fingerprint density at radius 2 is 2.10 bits per heavy atom. The Balaban J connectivity index is 1.98. The van der Waals surface area contributed by atoms with E-state index in [1.165, 1.54) is 0 Å². The second-order valence-corrected chi connectivity index (χ2v) is 6.93. The average Bonchev–Trinajstić information content (AvgIpc) is 2.52. The summed E-state index contributed by atoms with van der Waals surface area (Å²) < 4.78 is 32.3. The van der Waals surface area contributed by atoms with Crippen LogP contribution in [0.4, 0.5) is 0 Å². The Bertz CT molecular complexity index is 626. The minimum Gasteiger partial charge on any atom is -0.381 e. The summed E-state index contributed by atoms with van der Waals surface area (Å²) in [5.41, 5.74) is 7.06. The first-order valence-electron chi connectivity index (χ1n) is 6.96. The molecule has 0 bridgehead atoms. The summed E-state index contributed by atoms with van der Waals surface area (Å²) in [6.45, 7) is 1.60. The lowest BCUT2D eigenvalue weighted by Gasteiger charge is -2.22. The number of hydrogen-bond acceptors (Lipinski definition) is 4. The van der Waals surface area contributed by atoms with Crippen LogP contribution in [-0.4, -0.2) is 33.4 Å². The van der Waals surface area contributed by atoms with E-state index >= 15 is 0 Å². The van der Waals surface area contributed by atoms with Crippen molar-refractivity contribution in [2.45, 2.75) is 24.6 Å². The van der Waals surface area contributed by atoms with Gasteiger partial charge in [-0.15, -0.1) is 0 Å². The molecule has 0 unspecified atom stereocenters. The fourth-order valence-corrected chi connectivity index (χ4v) is 3.62. The average molecular weight is 308 g/mol. The van der Waals surface area contributed by atoms with E-state index in [1.54, 1.807) is 0 Å². The Hall–Kier alpha value is -1.39. The summed E-state index contributed by atoms with van der Waals surface area (Å²) in [7, 11) is -3.30. The summed E-state index contributed by atoms with van der Waals surface area (Å²) in [5.74, 6) is 5.72. The lowest BCUT2D eigenvalue weighted by atomic mass is 10.1. The highest BCUT2D eigenvalue weighted by atomic mass is 32.2. The van der Waals surface area contributed by atoms with Crippen LogP contribution in [0.3, 0.4) is 0 Å². The van der Waals surface area contributed by atoms with Gasteiger partial charge in [0.05, 0.1) is 11.8 Å². The standard InChI is InChI=1S/C15H20N2O3S/c16-8-2-5-13-3-1-4-14(11-13)12-17-21(18,19)15-6-9-20-10-7-15/h1,3-4,11,15,17H,6-10,12,16H2. The quantitative estimate of drug-likeness (QED) is 0.798. The van der Waals surface area contributed by atoms with E-state index in [9.17, 15) is 8.42 Å². The molecule has 0 spiro atoms. The van der Waals surface area contributed by atoms with E-state index in [4.69, 9.17) is 10.5 Å². The van der Waals surface area contributed by atoms with Crippen LogP contribution in [0.15, 0.2) is 24.3 Å². The largest absolute Gasteiger partial charge is 0.381 e. The number of benzene rings is 1. The van der Waals surface area contributed by atoms with Crippen LogP contribution in [0, 0.1) is 11.8 Å². The molecule has 0 amide bonds. The van der Waals surface area contributed by atoms with Crippen LogP contribution in [0.1, 0.15) is 24.0 Å². The summed E-state index contributed by atoms with van der Waals surface area (Å²) >= 11 is 0. The number of nitrogens with two attached hydrogens (primary N) is 1. The monoisotopic (exact) mass is 308 g/mol. The zero-order valence-electron chi connectivity index (χ0n) is 11.8. The van der Waals surface area contributed by atoms with Gasteiger partial charge in [0.15, 0.2) is 0 Å². The van der Waals surface area contributed by atoms with Crippen LogP contribution < -0.4 is 10.5 Å². The lowest BCUT2D eigenvalue weighted by molar-refractivity contribution is 0.0981. The second-order valence-electron chi connectivity index (χ2n) is 4.88. The molecule has 1 saturated heterocycles. The number of nitrogens with one attached hydrogen (secondary N) is 1. The third kappa shape index (κ3) is 4.83. The number of ether oxygens (including phenoxy) is 1. The molecule has 1 fully saturated rings. The van der Waals surface area contributed by atoms with Gasteiger partial charge in [-0.05, 0) is 30.5 Å². The number of hydrogen-bond donors (Lipinski definition) is 2. The Morgan fingerprint density at radius 3 is 2.81 bits per heavy atom. The van der Waals surface area contributed by atoms with Gasteiger partial charge in [-0.2, -0.15) is 0 Å². The van der Waals surface area contributed by atoms with Crippen molar-refractivity contribution in [2.75, 3.05) is 19.8 Å². The maximum atomic E-state index is 12.2. The van der Waals surface area contributed by atoms with Crippen molar-refractivity contribution in [3.63, 3.8) is 0 Å². The first-order chi connectivity index (χ1) is 10.1. The molecule has 114 valence electrons.